The molecule has 0 amide bonds. The summed E-state index contributed by atoms with van der Waals surface area (Å²) in [6.07, 6.45) is 3.71. The lowest BCUT2D eigenvalue weighted by molar-refractivity contribution is 0.369. The number of hydrogen-bond donors (Lipinski definition) is 1. The summed E-state index contributed by atoms with van der Waals surface area (Å²) >= 11 is 2.09. The molecular formula is C16H25NOS. The zero-order valence-electron chi connectivity index (χ0n) is 12.2. The highest BCUT2D eigenvalue weighted by atomic mass is 32.2. The van der Waals surface area contributed by atoms with Gasteiger partial charge in [0.05, 0.1) is 7.11 Å². The second-order valence-electron chi connectivity index (χ2n) is 5.19. The van der Waals surface area contributed by atoms with Gasteiger partial charge in [0.2, 0.25) is 0 Å². The van der Waals surface area contributed by atoms with Gasteiger partial charge in [-0.1, -0.05) is 32.0 Å². The standard InChI is InChI=1S/C16H25NOS/c1-4-14(13-8-5-6-10-16(13)18-3)17-15-9-7-11-19-12(15)2/h5-6,8,10,12,14-15,17H,4,7,9,11H2,1-3H3. The zero-order chi connectivity index (χ0) is 13.7. The molecule has 1 aromatic rings. The monoisotopic (exact) mass is 279 g/mol. The Morgan fingerprint density at radius 1 is 1.42 bits per heavy atom. The molecule has 0 aromatic heterocycles. The van der Waals surface area contributed by atoms with Gasteiger partial charge in [0.25, 0.3) is 0 Å². The Kier molecular flexibility index (Phi) is 5.59. The average Bonchev–Trinajstić information content (AvgIpc) is 2.46. The lowest BCUT2D eigenvalue weighted by Crippen LogP contribution is -2.41. The maximum atomic E-state index is 5.50. The van der Waals surface area contributed by atoms with Crippen molar-refractivity contribution in [2.75, 3.05) is 12.9 Å². The van der Waals surface area contributed by atoms with Gasteiger partial charge in [0.1, 0.15) is 5.75 Å². The summed E-state index contributed by atoms with van der Waals surface area (Å²) in [5, 5.41) is 4.55. The van der Waals surface area contributed by atoms with E-state index in [0.29, 0.717) is 17.3 Å². The molecule has 0 saturated carbocycles. The van der Waals surface area contributed by atoms with Crippen LogP contribution in [0.5, 0.6) is 5.75 Å². The molecule has 2 rings (SSSR count). The van der Waals surface area contributed by atoms with E-state index in [-0.39, 0.29) is 0 Å². The fraction of sp³-hybridized carbons (Fsp3) is 0.625. The molecule has 1 aromatic carbocycles. The van der Waals surface area contributed by atoms with E-state index in [1.807, 2.05) is 6.07 Å². The van der Waals surface area contributed by atoms with Crippen molar-refractivity contribution in [3.63, 3.8) is 0 Å². The molecule has 106 valence electrons. The molecule has 0 radical (unpaired) electrons. The van der Waals surface area contributed by atoms with Crippen molar-refractivity contribution in [3.8, 4) is 5.75 Å². The van der Waals surface area contributed by atoms with Crippen LogP contribution in [0.3, 0.4) is 0 Å². The van der Waals surface area contributed by atoms with Crippen LogP contribution in [0.1, 0.15) is 44.7 Å². The molecule has 1 N–H and O–H groups in total. The molecule has 1 saturated heterocycles. The molecule has 3 atom stereocenters. The van der Waals surface area contributed by atoms with Crippen LogP contribution in [0.4, 0.5) is 0 Å². The van der Waals surface area contributed by atoms with Crippen LogP contribution in [0.15, 0.2) is 24.3 Å². The van der Waals surface area contributed by atoms with Crippen molar-refractivity contribution in [3.05, 3.63) is 29.8 Å². The van der Waals surface area contributed by atoms with Crippen LogP contribution in [0, 0.1) is 0 Å². The topological polar surface area (TPSA) is 21.3 Å². The predicted molar refractivity (Wildman–Crippen MR) is 84.1 cm³/mol. The van der Waals surface area contributed by atoms with E-state index in [4.69, 9.17) is 4.74 Å². The van der Waals surface area contributed by atoms with Crippen molar-refractivity contribution in [2.24, 2.45) is 0 Å². The fourth-order valence-electron chi connectivity index (χ4n) is 2.78. The predicted octanol–water partition coefficient (Wildman–Crippen LogP) is 4.02. The van der Waals surface area contributed by atoms with Gasteiger partial charge in [0.15, 0.2) is 0 Å². The Morgan fingerprint density at radius 2 is 2.21 bits per heavy atom. The molecule has 1 heterocycles. The Balaban J connectivity index is 2.10. The summed E-state index contributed by atoms with van der Waals surface area (Å²) in [5.74, 6) is 2.31. The largest absolute Gasteiger partial charge is 0.496 e. The van der Waals surface area contributed by atoms with Gasteiger partial charge in [-0.3, -0.25) is 0 Å². The number of nitrogens with one attached hydrogen (secondary N) is 1. The molecule has 1 fully saturated rings. The minimum atomic E-state index is 0.391. The van der Waals surface area contributed by atoms with Gasteiger partial charge >= 0.3 is 0 Å². The normalized spacial score (nSPS) is 25.0. The summed E-state index contributed by atoms with van der Waals surface area (Å²) < 4.78 is 5.50. The Morgan fingerprint density at radius 3 is 2.89 bits per heavy atom. The third kappa shape index (κ3) is 3.67. The summed E-state index contributed by atoms with van der Waals surface area (Å²) in [5.41, 5.74) is 1.29. The molecule has 3 heteroatoms. The number of thioether (sulfide) groups is 1. The van der Waals surface area contributed by atoms with Gasteiger partial charge in [0, 0.05) is 22.9 Å². The molecule has 3 unspecified atom stereocenters. The Hall–Kier alpha value is -0.670. The van der Waals surface area contributed by atoms with Gasteiger partial charge in [-0.05, 0) is 31.1 Å². The van der Waals surface area contributed by atoms with Crippen LogP contribution in [0.25, 0.3) is 0 Å². The van der Waals surface area contributed by atoms with Gasteiger partial charge in [-0.2, -0.15) is 11.8 Å². The van der Waals surface area contributed by atoms with E-state index in [0.717, 1.165) is 12.2 Å². The Labute approximate surface area is 121 Å². The lowest BCUT2D eigenvalue weighted by Gasteiger charge is -2.33. The first-order valence-corrected chi connectivity index (χ1v) is 8.31. The second kappa shape index (κ2) is 7.20. The number of rotatable bonds is 5. The number of para-hydroxylation sites is 1. The van der Waals surface area contributed by atoms with Gasteiger partial charge in [-0.25, -0.2) is 0 Å². The maximum absolute atomic E-state index is 5.50. The molecule has 0 bridgehead atoms. The van der Waals surface area contributed by atoms with Crippen LogP contribution in [-0.4, -0.2) is 24.2 Å². The molecular weight excluding hydrogens is 254 g/mol. The number of hydrogen-bond acceptors (Lipinski definition) is 3. The van der Waals surface area contributed by atoms with Gasteiger partial charge in [-0.15, -0.1) is 0 Å². The lowest BCUT2D eigenvalue weighted by atomic mass is 10.00. The summed E-state index contributed by atoms with van der Waals surface area (Å²) in [4.78, 5) is 0. The van der Waals surface area contributed by atoms with E-state index >= 15 is 0 Å². The van der Waals surface area contributed by atoms with Crippen LogP contribution >= 0.6 is 11.8 Å². The SMILES string of the molecule is CCC(NC1CCCSC1C)c1ccccc1OC. The van der Waals surface area contributed by atoms with Crippen molar-refractivity contribution in [1.29, 1.82) is 0 Å². The van der Waals surface area contributed by atoms with Crippen LogP contribution in [-0.2, 0) is 0 Å². The molecule has 19 heavy (non-hydrogen) atoms. The highest BCUT2D eigenvalue weighted by Gasteiger charge is 2.25. The van der Waals surface area contributed by atoms with E-state index in [1.165, 1.54) is 24.2 Å². The van der Waals surface area contributed by atoms with Crippen LogP contribution < -0.4 is 10.1 Å². The van der Waals surface area contributed by atoms with E-state index < -0.39 is 0 Å². The highest BCUT2D eigenvalue weighted by Crippen LogP contribution is 2.31. The summed E-state index contributed by atoms with van der Waals surface area (Å²) in [7, 11) is 1.75. The van der Waals surface area contributed by atoms with Crippen LogP contribution in [0.2, 0.25) is 0 Å². The van der Waals surface area contributed by atoms with Crippen molar-refractivity contribution < 1.29 is 4.74 Å². The zero-order valence-corrected chi connectivity index (χ0v) is 13.0. The maximum Gasteiger partial charge on any atom is 0.123 e. The summed E-state index contributed by atoms with van der Waals surface area (Å²) in [6, 6.07) is 9.38. The molecule has 1 aliphatic heterocycles. The first-order chi connectivity index (χ1) is 9.26. The summed E-state index contributed by atoms with van der Waals surface area (Å²) in [6.45, 7) is 4.58. The second-order valence-corrected chi connectivity index (χ2v) is 6.68. The van der Waals surface area contributed by atoms with Crippen molar-refractivity contribution in [2.45, 2.75) is 50.4 Å². The number of methoxy groups -OCH3 is 1. The van der Waals surface area contributed by atoms with Gasteiger partial charge < -0.3 is 10.1 Å². The fourth-order valence-corrected chi connectivity index (χ4v) is 3.93. The van der Waals surface area contributed by atoms with Crippen molar-refractivity contribution in [1.82, 2.24) is 5.32 Å². The molecule has 1 aliphatic rings. The van der Waals surface area contributed by atoms with Crippen molar-refractivity contribution >= 4 is 11.8 Å². The highest BCUT2D eigenvalue weighted by molar-refractivity contribution is 7.99. The first kappa shape index (κ1) is 14.7. The molecule has 2 nitrogen and oxygen atoms in total. The van der Waals surface area contributed by atoms with E-state index in [2.05, 4.69) is 49.1 Å². The molecule has 0 aliphatic carbocycles. The Bertz CT molecular complexity index is 396. The average molecular weight is 279 g/mol. The quantitative estimate of drug-likeness (QED) is 0.879. The minimum Gasteiger partial charge on any atom is -0.496 e. The molecule has 0 spiro atoms. The van der Waals surface area contributed by atoms with E-state index in [9.17, 15) is 0 Å². The van der Waals surface area contributed by atoms with E-state index in [1.54, 1.807) is 7.11 Å². The smallest absolute Gasteiger partial charge is 0.123 e. The number of ether oxygens (including phenoxy) is 1. The first-order valence-electron chi connectivity index (χ1n) is 7.26. The number of benzene rings is 1. The third-order valence-electron chi connectivity index (χ3n) is 3.94. The third-order valence-corrected chi connectivity index (χ3v) is 5.32. The minimum absolute atomic E-state index is 0.391.